The molecule has 0 aliphatic heterocycles. The first-order valence-electron chi connectivity index (χ1n) is 3.82. The Kier molecular flexibility index (Phi) is 2.86. The molecule has 1 rings (SSSR count). The second-order valence-corrected chi connectivity index (χ2v) is 2.65. The van der Waals surface area contributed by atoms with Crippen LogP contribution in [0.1, 0.15) is 10.4 Å². The summed E-state index contributed by atoms with van der Waals surface area (Å²) in [5.41, 5.74) is 5.78. The number of nitrogens with two attached hydrogens (primary N) is 1. The van der Waals surface area contributed by atoms with Crippen LogP contribution in [0.2, 0.25) is 0 Å². The number of nitrogens with one attached hydrogen (secondary N) is 1. The number of carbonyl (C=O) groups is 1. The molecule has 72 valence electrons. The monoisotopic (exact) mass is 184 g/mol. The van der Waals surface area contributed by atoms with E-state index in [-0.39, 0.29) is 24.9 Å². The lowest BCUT2D eigenvalue weighted by molar-refractivity contribution is 0.0768. The van der Waals surface area contributed by atoms with Gasteiger partial charge in [0.2, 0.25) is 0 Å². The van der Waals surface area contributed by atoms with Crippen LogP contribution < -0.4 is 5.73 Å². The quantitative estimate of drug-likeness (QED) is 0.564. The molecular formula is C7H12N4O2. The highest BCUT2D eigenvalue weighted by Crippen LogP contribution is 2.08. The van der Waals surface area contributed by atoms with Crippen molar-refractivity contribution in [1.29, 1.82) is 0 Å². The molecule has 0 aliphatic carbocycles. The maximum Gasteiger partial charge on any atom is 0.259 e. The molecule has 0 saturated heterocycles. The maximum atomic E-state index is 11.5. The van der Waals surface area contributed by atoms with E-state index in [4.69, 9.17) is 10.8 Å². The standard InChI is InChI=1S/C7H12N4O2/c1-11(2-3-12)7(13)5-4-9-10-6(5)8/h4,12H,2-3H2,1H3,(H3,8,9,10). The van der Waals surface area contributed by atoms with E-state index < -0.39 is 0 Å². The molecule has 0 fully saturated rings. The van der Waals surface area contributed by atoms with Crippen LogP contribution in [0.3, 0.4) is 0 Å². The SMILES string of the molecule is CN(CCO)C(=O)c1cn[nH]c1N. The Bertz CT molecular complexity index is 296. The van der Waals surface area contributed by atoms with E-state index in [1.165, 1.54) is 11.1 Å². The second kappa shape index (κ2) is 3.90. The maximum absolute atomic E-state index is 11.5. The molecule has 0 aliphatic rings. The zero-order chi connectivity index (χ0) is 9.84. The minimum Gasteiger partial charge on any atom is -0.395 e. The number of aliphatic hydroxyl groups excluding tert-OH is 1. The summed E-state index contributed by atoms with van der Waals surface area (Å²) < 4.78 is 0. The number of amides is 1. The van der Waals surface area contributed by atoms with Gasteiger partial charge in [0.15, 0.2) is 0 Å². The molecule has 0 radical (unpaired) electrons. The summed E-state index contributed by atoms with van der Waals surface area (Å²) in [7, 11) is 1.59. The molecule has 0 atom stereocenters. The van der Waals surface area contributed by atoms with Crippen molar-refractivity contribution in [2.45, 2.75) is 0 Å². The van der Waals surface area contributed by atoms with Crippen molar-refractivity contribution in [1.82, 2.24) is 15.1 Å². The number of H-pyrrole nitrogens is 1. The van der Waals surface area contributed by atoms with Crippen molar-refractivity contribution in [3.63, 3.8) is 0 Å². The number of rotatable bonds is 3. The topological polar surface area (TPSA) is 95.2 Å². The first kappa shape index (κ1) is 9.53. The van der Waals surface area contributed by atoms with Crippen LogP contribution in [0.25, 0.3) is 0 Å². The van der Waals surface area contributed by atoms with Crippen LogP contribution in [0, 0.1) is 0 Å². The average Bonchev–Trinajstić information content (AvgIpc) is 2.50. The minimum absolute atomic E-state index is 0.0694. The van der Waals surface area contributed by atoms with Crippen LogP contribution in [-0.4, -0.2) is 46.3 Å². The van der Waals surface area contributed by atoms with E-state index in [0.717, 1.165) is 0 Å². The molecule has 4 N–H and O–H groups in total. The lowest BCUT2D eigenvalue weighted by Crippen LogP contribution is -2.29. The van der Waals surface area contributed by atoms with Gasteiger partial charge in [-0.2, -0.15) is 5.10 Å². The predicted octanol–water partition coefficient (Wildman–Crippen LogP) is -0.944. The molecule has 0 aromatic carbocycles. The molecular weight excluding hydrogens is 172 g/mol. The molecule has 6 heteroatoms. The van der Waals surface area contributed by atoms with E-state index in [0.29, 0.717) is 5.56 Å². The van der Waals surface area contributed by atoms with E-state index in [9.17, 15) is 4.79 Å². The zero-order valence-corrected chi connectivity index (χ0v) is 7.32. The average molecular weight is 184 g/mol. The molecule has 1 aromatic rings. The van der Waals surface area contributed by atoms with Crippen molar-refractivity contribution in [3.05, 3.63) is 11.8 Å². The minimum atomic E-state index is -0.250. The zero-order valence-electron chi connectivity index (χ0n) is 7.32. The highest BCUT2D eigenvalue weighted by molar-refractivity contribution is 5.97. The van der Waals surface area contributed by atoms with E-state index in [1.54, 1.807) is 7.05 Å². The lowest BCUT2D eigenvalue weighted by atomic mass is 10.3. The van der Waals surface area contributed by atoms with Gasteiger partial charge >= 0.3 is 0 Å². The fourth-order valence-electron chi connectivity index (χ4n) is 0.924. The molecule has 0 spiro atoms. The van der Waals surface area contributed by atoms with Crippen LogP contribution in [0.15, 0.2) is 6.20 Å². The fourth-order valence-corrected chi connectivity index (χ4v) is 0.924. The molecule has 0 saturated carbocycles. The van der Waals surface area contributed by atoms with Gasteiger partial charge in [0.05, 0.1) is 12.8 Å². The van der Waals surface area contributed by atoms with Crippen LogP contribution >= 0.6 is 0 Å². The first-order chi connectivity index (χ1) is 6.16. The molecule has 1 aromatic heterocycles. The third kappa shape index (κ3) is 1.97. The Labute approximate surface area is 75.3 Å². The highest BCUT2D eigenvalue weighted by Gasteiger charge is 2.15. The largest absolute Gasteiger partial charge is 0.395 e. The van der Waals surface area contributed by atoms with Gasteiger partial charge in [-0.1, -0.05) is 0 Å². The summed E-state index contributed by atoms with van der Waals surface area (Å²) in [5, 5.41) is 14.7. The van der Waals surface area contributed by atoms with E-state index >= 15 is 0 Å². The summed E-state index contributed by atoms with van der Waals surface area (Å²) in [6.45, 7) is 0.212. The lowest BCUT2D eigenvalue weighted by Gasteiger charge is -2.14. The van der Waals surface area contributed by atoms with Crippen molar-refractivity contribution in [2.75, 3.05) is 25.9 Å². The number of aromatic amines is 1. The van der Waals surface area contributed by atoms with Crippen LogP contribution in [0.5, 0.6) is 0 Å². The third-order valence-electron chi connectivity index (χ3n) is 1.68. The van der Waals surface area contributed by atoms with Gasteiger partial charge in [-0.3, -0.25) is 9.89 Å². The summed E-state index contributed by atoms with van der Waals surface area (Å²) in [6, 6.07) is 0. The Morgan fingerprint density at radius 1 is 1.85 bits per heavy atom. The molecule has 13 heavy (non-hydrogen) atoms. The predicted molar refractivity (Wildman–Crippen MR) is 47.0 cm³/mol. The molecule has 1 amide bonds. The number of nitrogen functional groups attached to an aromatic ring is 1. The Morgan fingerprint density at radius 2 is 2.54 bits per heavy atom. The van der Waals surface area contributed by atoms with Crippen LogP contribution in [0.4, 0.5) is 5.82 Å². The number of nitrogens with zero attached hydrogens (tertiary/aromatic N) is 2. The van der Waals surface area contributed by atoms with Gasteiger partial charge in [0, 0.05) is 13.6 Å². The van der Waals surface area contributed by atoms with Gasteiger partial charge in [-0.05, 0) is 0 Å². The highest BCUT2D eigenvalue weighted by atomic mass is 16.3. The molecule has 0 unspecified atom stereocenters. The van der Waals surface area contributed by atoms with Crippen molar-refractivity contribution in [2.24, 2.45) is 0 Å². The van der Waals surface area contributed by atoms with Gasteiger partial charge in [0.25, 0.3) is 5.91 Å². The normalized spacial score (nSPS) is 10.0. The smallest absolute Gasteiger partial charge is 0.259 e. The van der Waals surface area contributed by atoms with Crippen molar-refractivity contribution < 1.29 is 9.90 Å². The number of anilines is 1. The number of aliphatic hydroxyl groups is 1. The van der Waals surface area contributed by atoms with Crippen LogP contribution in [-0.2, 0) is 0 Å². The third-order valence-corrected chi connectivity index (χ3v) is 1.68. The molecule has 0 bridgehead atoms. The van der Waals surface area contributed by atoms with E-state index in [1.807, 2.05) is 0 Å². The Hall–Kier alpha value is -1.56. The van der Waals surface area contributed by atoms with Gasteiger partial charge in [-0.15, -0.1) is 0 Å². The fraction of sp³-hybridized carbons (Fsp3) is 0.429. The van der Waals surface area contributed by atoms with Crippen molar-refractivity contribution >= 4 is 11.7 Å². The molecule has 6 nitrogen and oxygen atoms in total. The summed E-state index contributed by atoms with van der Waals surface area (Å²) in [4.78, 5) is 12.9. The number of likely N-dealkylation sites (N-methyl/N-ethyl adjacent to an activating group) is 1. The van der Waals surface area contributed by atoms with Crippen molar-refractivity contribution in [3.8, 4) is 0 Å². The van der Waals surface area contributed by atoms with E-state index in [2.05, 4.69) is 10.2 Å². The Morgan fingerprint density at radius 3 is 3.00 bits per heavy atom. The number of hydrogen-bond donors (Lipinski definition) is 3. The summed E-state index contributed by atoms with van der Waals surface area (Å²) in [5.74, 6) is -0.00455. The van der Waals surface area contributed by atoms with Gasteiger partial charge in [-0.25, -0.2) is 0 Å². The number of hydrogen-bond acceptors (Lipinski definition) is 4. The first-order valence-corrected chi connectivity index (χ1v) is 3.82. The summed E-state index contributed by atoms with van der Waals surface area (Å²) in [6.07, 6.45) is 1.37. The van der Waals surface area contributed by atoms with Gasteiger partial charge in [0.1, 0.15) is 11.4 Å². The second-order valence-electron chi connectivity index (χ2n) is 2.65. The number of carbonyl (C=O) groups excluding carboxylic acids is 1. The Balaban J connectivity index is 2.73. The molecule has 1 heterocycles. The number of aromatic nitrogens is 2. The summed E-state index contributed by atoms with van der Waals surface area (Å²) >= 11 is 0. The van der Waals surface area contributed by atoms with Gasteiger partial charge < -0.3 is 15.7 Å².